The van der Waals surface area contributed by atoms with Crippen molar-refractivity contribution in [2.75, 3.05) is 0 Å². The molecule has 60 valence electrons. The highest BCUT2D eigenvalue weighted by Gasteiger charge is 2.30. The van der Waals surface area contributed by atoms with Crippen LogP contribution in [0, 0.1) is 0 Å². The molecule has 0 bridgehead atoms. The summed E-state index contributed by atoms with van der Waals surface area (Å²) in [6, 6.07) is 2.30. The molecule has 1 nitrogen and oxygen atoms in total. The Balaban J connectivity index is 2.22. The van der Waals surface area contributed by atoms with Crippen LogP contribution < -0.4 is 5.73 Å². The van der Waals surface area contributed by atoms with Crippen LogP contribution in [0.4, 0.5) is 0 Å². The van der Waals surface area contributed by atoms with Crippen LogP contribution in [0.1, 0.15) is 23.6 Å². The van der Waals surface area contributed by atoms with Gasteiger partial charge in [0.2, 0.25) is 0 Å². The van der Waals surface area contributed by atoms with Crippen molar-refractivity contribution in [2.45, 2.75) is 24.8 Å². The van der Waals surface area contributed by atoms with E-state index in [4.69, 9.17) is 17.3 Å². The Morgan fingerprint density at radius 1 is 1.55 bits per heavy atom. The van der Waals surface area contributed by atoms with E-state index < -0.39 is 0 Å². The summed E-state index contributed by atoms with van der Waals surface area (Å²) < 4.78 is 0. The van der Waals surface area contributed by atoms with E-state index in [1.54, 1.807) is 11.3 Å². The molecule has 0 spiro atoms. The molecule has 1 aromatic heterocycles. The summed E-state index contributed by atoms with van der Waals surface area (Å²) in [5.41, 5.74) is 5.83. The van der Waals surface area contributed by atoms with Crippen molar-refractivity contribution in [3.63, 3.8) is 0 Å². The fraction of sp³-hybridized carbons (Fsp3) is 0.500. The van der Waals surface area contributed by atoms with Crippen LogP contribution in [-0.4, -0.2) is 6.04 Å². The summed E-state index contributed by atoms with van der Waals surface area (Å²) in [6.07, 6.45) is 2.36. The fourth-order valence-electron chi connectivity index (χ4n) is 1.42. The van der Waals surface area contributed by atoms with E-state index in [0.29, 0.717) is 12.0 Å². The van der Waals surface area contributed by atoms with E-state index in [0.717, 1.165) is 11.4 Å². The van der Waals surface area contributed by atoms with Gasteiger partial charge in [-0.25, -0.2) is 0 Å². The van der Waals surface area contributed by atoms with Gasteiger partial charge in [-0.1, -0.05) is 11.6 Å². The quantitative estimate of drug-likeness (QED) is 0.719. The first kappa shape index (κ1) is 7.59. The van der Waals surface area contributed by atoms with Gasteiger partial charge in [-0.2, -0.15) is 0 Å². The van der Waals surface area contributed by atoms with Crippen LogP contribution >= 0.6 is 22.9 Å². The van der Waals surface area contributed by atoms with E-state index in [1.807, 2.05) is 11.4 Å². The molecule has 0 radical (unpaired) electrons. The molecule has 11 heavy (non-hydrogen) atoms. The average Bonchev–Trinajstić information content (AvgIpc) is 2.34. The number of thiophene rings is 1. The molecular weight excluding hydrogens is 178 g/mol. The molecule has 1 heterocycles. The molecule has 1 aliphatic rings. The Hall–Kier alpha value is -0.0500. The first-order valence-electron chi connectivity index (χ1n) is 3.77. The van der Waals surface area contributed by atoms with Gasteiger partial charge in [0.25, 0.3) is 0 Å². The maximum Gasteiger partial charge on any atom is 0.0548 e. The molecular formula is C8H10ClNS. The SMILES string of the molecule is NC1CCC1c1sccc1Cl. The monoisotopic (exact) mass is 187 g/mol. The van der Waals surface area contributed by atoms with Gasteiger partial charge in [-0.15, -0.1) is 11.3 Å². The van der Waals surface area contributed by atoms with Crippen LogP contribution in [0.25, 0.3) is 0 Å². The summed E-state index contributed by atoms with van der Waals surface area (Å²) in [7, 11) is 0. The number of nitrogens with two attached hydrogens (primary N) is 1. The molecule has 2 N–H and O–H groups in total. The third-order valence-corrected chi connectivity index (χ3v) is 3.80. The third kappa shape index (κ3) is 1.19. The summed E-state index contributed by atoms with van der Waals surface area (Å²) in [5, 5.41) is 2.93. The highest BCUT2D eigenvalue weighted by atomic mass is 35.5. The van der Waals surface area contributed by atoms with Crippen LogP contribution in [0.3, 0.4) is 0 Å². The van der Waals surface area contributed by atoms with Gasteiger partial charge in [-0.05, 0) is 24.3 Å². The molecule has 0 amide bonds. The van der Waals surface area contributed by atoms with Crippen molar-refractivity contribution in [2.24, 2.45) is 5.73 Å². The lowest BCUT2D eigenvalue weighted by molar-refractivity contribution is 0.351. The average molecular weight is 188 g/mol. The molecule has 2 unspecified atom stereocenters. The van der Waals surface area contributed by atoms with E-state index in [9.17, 15) is 0 Å². The number of rotatable bonds is 1. The van der Waals surface area contributed by atoms with E-state index in [2.05, 4.69) is 0 Å². The number of hydrogen-bond acceptors (Lipinski definition) is 2. The molecule has 1 saturated carbocycles. The standard InChI is InChI=1S/C8H10ClNS/c9-6-3-4-11-8(6)5-1-2-7(5)10/h3-5,7H,1-2,10H2. The zero-order valence-corrected chi connectivity index (χ0v) is 7.66. The minimum absolute atomic E-state index is 0.353. The Morgan fingerprint density at radius 3 is 2.73 bits per heavy atom. The van der Waals surface area contributed by atoms with Gasteiger partial charge in [-0.3, -0.25) is 0 Å². The Bertz CT molecular complexity index is 258. The molecule has 2 atom stereocenters. The molecule has 3 heteroatoms. The topological polar surface area (TPSA) is 26.0 Å². The normalized spacial score (nSPS) is 30.0. The Morgan fingerprint density at radius 2 is 2.36 bits per heavy atom. The van der Waals surface area contributed by atoms with Crippen LogP contribution in [-0.2, 0) is 0 Å². The predicted molar refractivity (Wildman–Crippen MR) is 49.3 cm³/mol. The third-order valence-electron chi connectivity index (χ3n) is 2.31. The molecule has 1 fully saturated rings. The van der Waals surface area contributed by atoms with Gasteiger partial charge in [0.05, 0.1) is 5.02 Å². The van der Waals surface area contributed by atoms with Crippen LogP contribution in [0.15, 0.2) is 11.4 Å². The Labute approximate surface area is 75.2 Å². The first-order valence-corrected chi connectivity index (χ1v) is 5.03. The van der Waals surface area contributed by atoms with Crippen LogP contribution in [0.5, 0.6) is 0 Å². The van der Waals surface area contributed by atoms with Gasteiger partial charge >= 0.3 is 0 Å². The van der Waals surface area contributed by atoms with Crippen molar-refractivity contribution < 1.29 is 0 Å². The second-order valence-corrected chi connectivity index (χ2v) is 4.34. The highest BCUT2D eigenvalue weighted by Crippen LogP contribution is 2.41. The largest absolute Gasteiger partial charge is 0.327 e. The number of hydrogen-bond donors (Lipinski definition) is 1. The van der Waals surface area contributed by atoms with Gasteiger partial charge in [0.1, 0.15) is 0 Å². The number of halogens is 1. The lowest BCUT2D eigenvalue weighted by Gasteiger charge is -2.32. The maximum atomic E-state index is 5.97. The molecule has 1 aromatic rings. The van der Waals surface area contributed by atoms with Crippen molar-refractivity contribution in [3.05, 3.63) is 21.3 Å². The molecule has 0 aromatic carbocycles. The molecule has 0 aliphatic heterocycles. The van der Waals surface area contributed by atoms with Gasteiger partial charge in [0.15, 0.2) is 0 Å². The van der Waals surface area contributed by atoms with E-state index in [1.165, 1.54) is 11.3 Å². The highest BCUT2D eigenvalue weighted by molar-refractivity contribution is 7.10. The summed E-state index contributed by atoms with van der Waals surface area (Å²) in [5.74, 6) is 0.544. The van der Waals surface area contributed by atoms with Crippen molar-refractivity contribution in [1.29, 1.82) is 0 Å². The summed E-state index contributed by atoms with van der Waals surface area (Å²) >= 11 is 7.69. The lowest BCUT2D eigenvalue weighted by Crippen LogP contribution is -2.36. The second kappa shape index (κ2) is 2.77. The zero-order valence-electron chi connectivity index (χ0n) is 6.09. The zero-order chi connectivity index (χ0) is 7.84. The second-order valence-electron chi connectivity index (χ2n) is 2.98. The van der Waals surface area contributed by atoms with Crippen molar-refractivity contribution in [3.8, 4) is 0 Å². The van der Waals surface area contributed by atoms with Crippen LogP contribution in [0.2, 0.25) is 5.02 Å². The van der Waals surface area contributed by atoms with E-state index in [-0.39, 0.29) is 0 Å². The lowest BCUT2D eigenvalue weighted by atomic mass is 9.79. The maximum absolute atomic E-state index is 5.97. The predicted octanol–water partition coefficient (Wildman–Crippen LogP) is 2.61. The van der Waals surface area contributed by atoms with E-state index >= 15 is 0 Å². The smallest absolute Gasteiger partial charge is 0.0548 e. The molecule has 1 aliphatic carbocycles. The summed E-state index contributed by atoms with van der Waals surface area (Å²) in [4.78, 5) is 1.28. The minimum atomic E-state index is 0.353. The first-order chi connectivity index (χ1) is 5.29. The fourth-order valence-corrected chi connectivity index (χ4v) is 2.83. The summed E-state index contributed by atoms with van der Waals surface area (Å²) in [6.45, 7) is 0. The van der Waals surface area contributed by atoms with Crippen molar-refractivity contribution in [1.82, 2.24) is 0 Å². The van der Waals surface area contributed by atoms with Crippen molar-refractivity contribution >= 4 is 22.9 Å². The Kier molecular flexibility index (Phi) is 1.91. The molecule has 2 rings (SSSR count). The van der Waals surface area contributed by atoms with Gasteiger partial charge < -0.3 is 5.73 Å². The minimum Gasteiger partial charge on any atom is -0.327 e. The molecule has 0 saturated heterocycles. The van der Waals surface area contributed by atoms with Gasteiger partial charge in [0, 0.05) is 16.8 Å².